The standard InChI is InChI=1S/C41H55NO3/c1-6-9-17-30-23-24-36(41(4,5)40(42)43)35(25-30)39-37(44-28-31-18-13-11-14-19-31)26-34(33(8-3)22-10-7-2)27-38(39)45-29-32-20-15-12-16-21-32/h11-16,18-21,26-27,30,33H,6-10,17,22-25,28-29H2,1-5H3,(H2,42,43). The number of primary amides is 1. The van der Waals surface area contributed by atoms with E-state index in [1.165, 1.54) is 43.2 Å². The molecule has 0 spiro atoms. The molecular formula is C41H55NO3. The normalized spacial score (nSPS) is 16.0. The second-order valence-electron chi connectivity index (χ2n) is 13.4. The van der Waals surface area contributed by atoms with Gasteiger partial charge in [0.2, 0.25) is 5.91 Å². The monoisotopic (exact) mass is 609 g/mol. The van der Waals surface area contributed by atoms with E-state index >= 15 is 0 Å². The van der Waals surface area contributed by atoms with Crippen LogP contribution in [0.4, 0.5) is 0 Å². The summed E-state index contributed by atoms with van der Waals surface area (Å²) in [6.45, 7) is 11.7. The van der Waals surface area contributed by atoms with E-state index in [1.54, 1.807) is 0 Å². The minimum Gasteiger partial charge on any atom is -0.488 e. The molecule has 1 aliphatic rings. The summed E-state index contributed by atoms with van der Waals surface area (Å²) in [6.07, 6.45) is 10.9. The van der Waals surface area contributed by atoms with Crippen LogP contribution < -0.4 is 15.2 Å². The van der Waals surface area contributed by atoms with Crippen LogP contribution in [0.1, 0.15) is 127 Å². The van der Waals surface area contributed by atoms with Crippen molar-refractivity contribution in [3.05, 3.63) is 101 Å². The summed E-state index contributed by atoms with van der Waals surface area (Å²) in [5.41, 5.74) is 12.1. The number of nitrogens with two attached hydrogens (primary N) is 1. The van der Waals surface area contributed by atoms with Gasteiger partial charge in [-0.3, -0.25) is 4.79 Å². The van der Waals surface area contributed by atoms with Crippen molar-refractivity contribution in [2.45, 2.75) is 118 Å². The molecule has 0 aliphatic heterocycles. The molecule has 4 heteroatoms. The van der Waals surface area contributed by atoms with Gasteiger partial charge in [-0.05, 0) is 92.2 Å². The van der Waals surface area contributed by atoms with Crippen molar-refractivity contribution in [1.82, 2.24) is 0 Å². The third-order valence-corrected chi connectivity index (χ3v) is 9.73. The Morgan fingerprint density at radius 3 is 1.91 bits per heavy atom. The smallest absolute Gasteiger partial charge is 0.227 e. The van der Waals surface area contributed by atoms with Gasteiger partial charge in [0, 0.05) is 0 Å². The number of unbranched alkanes of at least 4 members (excludes halogenated alkanes) is 2. The molecule has 4 rings (SSSR count). The molecule has 3 aromatic rings. The zero-order valence-corrected chi connectivity index (χ0v) is 28.4. The molecule has 2 unspecified atom stereocenters. The average molecular weight is 610 g/mol. The van der Waals surface area contributed by atoms with Crippen molar-refractivity contribution >= 4 is 11.5 Å². The molecule has 0 aromatic heterocycles. The van der Waals surface area contributed by atoms with Crippen molar-refractivity contribution in [2.24, 2.45) is 17.1 Å². The average Bonchev–Trinajstić information content (AvgIpc) is 3.06. The highest BCUT2D eigenvalue weighted by Gasteiger charge is 2.37. The molecule has 0 saturated heterocycles. The van der Waals surface area contributed by atoms with Crippen LogP contribution in [0.25, 0.3) is 5.57 Å². The Bertz CT molecular complexity index is 1330. The first-order valence-corrected chi connectivity index (χ1v) is 17.3. The summed E-state index contributed by atoms with van der Waals surface area (Å²) in [7, 11) is 0. The fourth-order valence-electron chi connectivity index (χ4n) is 6.74. The lowest BCUT2D eigenvalue weighted by atomic mass is 9.69. The number of amides is 1. The molecule has 0 saturated carbocycles. The molecule has 2 N–H and O–H groups in total. The van der Waals surface area contributed by atoms with E-state index in [2.05, 4.69) is 81.4 Å². The van der Waals surface area contributed by atoms with E-state index in [-0.39, 0.29) is 5.91 Å². The quantitative estimate of drug-likeness (QED) is 0.166. The number of hydrogen-bond donors (Lipinski definition) is 1. The highest BCUT2D eigenvalue weighted by atomic mass is 16.5. The predicted octanol–water partition coefficient (Wildman–Crippen LogP) is 10.8. The van der Waals surface area contributed by atoms with Crippen LogP contribution in [0.15, 0.2) is 78.4 Å². The zero-order chi connectivity index (χ0) is 32.2. The van der Waals surface area contributed by atoms with Gasteiger partial charge in [-0.1, -0.05) is 119 Å². The van der Waals surface area contributed by atoms with Gasteiger partial charge in [0.05, 0.1) is 11.0 Å². The minimum atomic E-state index is -0.774. The molecule has 0 fully saturated rings. The van der Waals surface area contributed by atoms with Crippen LogP contribution in [-0.4, -0.2) is 5.91 Å². The van der Waals surface area contributed by atoms with E-state index in [4.69, 9.17) is 15.2 Å². The van der Waals surface area contributed by atoms with Crippen molar-refractivity contribution in [3.63, 3.8) is 0 Å². The highest BCUT2D eigenvalue weighted by molar-refractivity contribution is 5.89. The first-order valence-electron chi connectivity index (χ1n) is 17.3. The maximum absolute atomic E-state index is 13.0. The van der Waals surface area contributed by atoms with E-state index < -0.39 is 5.41 Å². The second-order valence-corrected chi connectivity index (χ2v) is 13.4. The number of benzene rings is 3. The van der Waals surface area contributed by atoms with E-state index in [0.29, 0.717) is 25.0 Å². The Morgan fingerprint density at radius 2 is 1.42 bits per heavy atom. The molecule has 242 valence electrons. The van der Waals surface area contributed by atoms with Gasteiger partial charge in [0.1, 0.15) is 24.7 Å². The van der Waals surface area contributed by atoms with Gasteiger partial charge in [-0.25, -0.2) is 0 Å². The predicted molar refractivity (Wildman–Crippen MR) is 187 cm³/mol. The number of carbonyl (C=O) groups is 1. The van der Waals surface area contributed by atoms with Crippen molar-refractivity contribution in [1.29, 1.82) is 0 Å². The largest absolute Gasteiger partial charge is 0.488 e. The number of ether oxygens (including phenoxy) is 2. The molecule has 4 nitrogen and oxygen atoms in total. The number of rotatable bonds is 17. The Labute approximate surface area is 272 Å². The third kappa shape index (κ3) is 9.02. The maximum atomic E-state index is 13.0. The molecular weight excluding hydrogens is 554 g/mol. The molecule has 0 bridgehead atoms. The lowest BCUT2D eigenvalue weighted by molar-refractivity contribution is -0.124. The lowest BCUT2D eigenvalue weighted by Crippen LogP contribution is -2.35. The lowest BCUT2D eigenvalue weighted by Gasteiger charge is -2.36. The highest BCUT2D eigenvalue weighted by Crippen LogP contribution is 2.51. The van der Waals surface area contributed by atoms with Crippen LogP contribution in [-0.2, 0) is 18.0 Å². The van der Waals surface area contributed by atoms with Crippen LogP contribution in [0, 0.1) is 11.3 Å². The Kier molecular flexibility index (Phi) is 12.7. The van der Waals surface area contributed by atoms with Gasteiger partial charge in [-0.15, -0.1) is 0 Å². The Morgan fingerprint density at radius 1 is 0.867 bits per heavy atom. The summed E-state index contributed by atoms with van der Waals surface area (Å²) in [5, 5.41) is 0. The fraction of sp³-hybridized carbons (Fsp3) is 0.488. The number of allylic oxidation sites excluding steroid dienone is 1. The van der Waals surface area contributed by atoms with Crippen LogP contribution in [0.2, 0.25) is 0 Å². The van der Waals surface area contributed by atoms with E-state index in [0.717, 1.165) is 65.9 Å². The molecule has 3 aromatic carbocycles. The Hall–Kier alpha value is -3.53. The number of hydrogen-bond acceptors (Lipinski definition) is 3. The first-order chi connectivity index (χ1) is 21.8. The van der Waals surface area contributed by atoms with Crippen molar-refractivity contribution in [2.75, 3.05) is 0 Å². The zero-order valence-electron chi connectivity index (χ0n) is 28.4. The van der Waals surface area contributed by atoms with Crippen molar-refractivity contribution < 1.29 is 14.3 Å². The molecule has 2 atom stereocenters. The summed E-state index contributed by atoms with van der Waals surface area (Å²) in [4.78, 5) is 13.0. The first kappa shape index (κ1) is 34.3. The Balaban J connectivity index is 1.93. The topological polar surface area (TPSA) is 61.6 Å². The van der Waals surface area contributed by atoms with Crippen LogP contribution in [0.5, 0.6) is 11.5 Å². The molecule has 1 amide bonds. The molecule has 0 radical (unpaired) electrons. The maximum Gasteiger partial charge on any atom is 0.227 e. The van der Waals surface area contributed by atoms with Gasteiger partial charge >= 0.3 is 0 Å². The van der Waals surface area contributed by atoms with Gasteiger partial charge in [0.15, 0.2) is 0 Å². The van der Waals surface area contributed by atoms with Crippen LogP contribution in [0.3, 0.4) is 0 Å². The molecule has 0 heterocycles. The van der Waals surface area contributed by atoms with Gasteiger partial charge in [-0.2, -0.15) is 0 Å². The van der Waals surface area contributed by atoms with Crippen LogP contribution >= 0.6 is 0 Å². The van der Waals surface area contributed by atoms with E-state index in [9.17, 15) is 4.79 Å². The fourth-order valence-corrected chi connectivity index (χ4v) is 6.74. The third-order valence-electron chi connectivity index (χ3n) is 9.73. The minimum absolute atomic E-state index is 0.289. The molecule has 45 heavy (non-hydrogen) atoms. The second kappa shape index (κ2) is 16.7. The van der Waals surface area contributed by atoms with E-state index in [1.807, 2.05) is 26.0 Å². The van der Waals surface area contributed by atoms with Gasteiger partial charge < -0.3 is 15.2 Å². The van der Waals surface area contributed by atoms with Crippen molar-refractivity contribution in [3.8, 4) is 11.5 Å². The summed E-state index contributed by atoms with van der Waals surface area (Å²) < 4.78 is 13.6. The summed E-state index contributed by atoms with van der Waals surface area (Å²) in [6, 6.07) is 25.3. The molecule has 1 aliphatic carbocycles. The van der Waals surface area contributed by atoms with Gasteiger partial charge in [0.25, 0.3) is 0 Å². The summed E-state index contributed by atoms with van der Waals surface area (Å²) in [5.74, 6) is 2.36. The number of carbonyl (C=O) groups excluding carboxylic acids is 1. The summed E-state index contributed by atoms with van der Waals surface area (Å²) >= 11 is 0. The SMILES string of the molecule is CCCCC1CCC(C(C)(C)C(N)=O)=C(c2c(OCc3ccccc3)cc(C(CC)CCCC)cc2OCc2ccccc2)C1.